The molecule has 0 fully saturated rings. The number of nitrogens with one attached hydrogen (secondary N) is 3. The fourth-order valence-electron chi connectivity index (χ4n) is 3.74. The van der Waals surface area contributed by atoms with E-state index in [9.17, 15) is 9.59 Å². The highest BCUT2D eigenvalue weighted by atomic mass is 32.2. The number of hydrogen-bond donors (Lipinski definition) is 3. The molecule has 2 heterocycles. The number of benzene rings is 2. The molecule has 0 radical (unpaired) electrons. The zero-order valence-electron chi connectivity index (χ0n) is 19.7. The predicted molar refractivity (Wildman–Crippen MR) is 133 cm³/mol. The highest BCUT2D eigenvalue weighted by molar-refractivity contribution is 7.98. The van der Waals surface area contributed by atoms with Gasteiger partial charge in [0.15, 0.2) is 11.5 Å². The minimum atomic E-state index is -0.864. The largest absolute Gasteiger partial charge is 0.486 e. The molecule has 8 nitrogen and oxygen atoms in total. The second kappa shape index (κ2) is 9.89. The molecule has 1 atom stereocenters. The number of alkyl carbamates (subject to hydrolysis) is 1. The van der Waals surface area contributed by atoms with Crippen molar-refractivity contribution >= 4 is 40.4 Å². The third kappa shape index (κ3) is 5.59. The number of aromatic amines is 1. The summed E-state index contributed by atoms with van der Waals surface area (Å²) in [4.78, 5) is 30.1. The maximum atomic E-state index is 13.4. The highest BCUT2D eigenvalue weighted by Crippen LogP contribution is 2.39. The molecule has 1 aliphatic rings. The number of thioether (sulfide) groups is 1. The van der Waals surface area contributed by atoms with E-state index in [1.807, 2.05) is 42.8 Å². The Kier molecular flexibility index (Phi) is 6.92. The van der Waals surface area contributed by atoms with Gasteiger partial charge in [-0.15, -0.1) is 11.8 Å². The van der Waals surface area contributed by atoms with E-state index in [4.69, 9.17) is 14.2 Å². The third-order valence-corrected chi connectivity index (χ3v) is 6.01. The molecule has 0 bridgehead atoms. The van der Waals surface area contributed by atoms with Gasteiger partial charge in [-0.1, -0.05) is 18.2 Å². The first-order chi connectivity index (χ1) is 16.2. The molecule has 9 heteroatoms. The van der Waals surface area contributed by atoms with Gasteiger partial charge in [0.2, 0.25) is 5.91 Å². The van der Waals surface area contributed by atoms with Gasteiger partial charge in [-0.2, -0.15) is 0 Å². The standard InChI is InChI=1S/C25H29N3O5S/c1-25(2,3)33-24(30)28-19(11-15-14-26-17-8-6-5-7-16(15)17)23(29)27-18-12-20-21(13-22(18)34-4)32-10-9-31-20/h5-8,12-14,19,26H,9-11H2,1-4H3,(H,27,29)(H,28,30)/t19-/m0/s1. The Bertz CT molecular complexity index is 1200. The second-order valence-corrected chi connectivity index (χ2v) is 9.80. The molecular weight excluding hydrogens is 454 g/mol. The first-order valence-electron chi connectivity index (χ1n) is 11.1. The van der Waals surface area contributed by atoms with Gasteiger partial charge in [0.25, 0.3) is 0 Å². The van der Waals surface area contributed by atoms with E-state index in [-0.39, 0.29) is 12.3 Å². The fraction of sp³-hybridized carbons (Fsp3) is 0.360. The first kappa shape index (κ1) is 23.8. The van der Waals surface area contributed by atoms with Crippen molar-refractivity contribution in [1.29, 1.82) is 0 Å². The van der Waals surface area contributed by atoms with Crippen molar-refractivity contribution in [3.63, 3.8) is 0 Å². The maximum Gasteiger partial charge on any atom is 0.408 e. The lowest BCUT2D eigenvalue weighted by atomic mass is 10.0. The molecule has 3 aromatic rings. The van der Waals surface area contributed by atoms with Crippen LogP contribution in [0.5, 0.6) is 11.5 Å². The van der Waals surface area contributed by atoms with E-state index in [1.165, 1.54) is 11.8 Å². The smallest absolute Gasteiger partial charge is 0.408 e. The van der Waals surface area contributed by atoms with E-state index in [0.29, 0.717) is 30.4 Å². The number of para-hydroxylation sites is 1. The second-order valence-electron chi connectivity index (χ2n) is 8.95. The number of amides is 2. The Balaban J connectivity index is 1.60. The minimum Gasteiger partial charge on any atom is -0.486 e. The Morgan fingerprint density at radius 3 is 2.56 bits per heavy atom. The van der Waals surface area contributed by atoms with Crippen molar-refractivity contribution in [2.45, 2.75) is 43.7 Å². The number of hydrogen-bond acceptors (Lipinski definition) is 6. The van der Waals surface area contributed by atoms with Gasteiger partial charge < -0.3 is 29.8 Å². The van der Waals surface area contributed by atoms with Crippen LogP contribution in [-0.2, 0) is 16.0 Å². The number of ether oxygens (including phenoxy) is 3. The lowest BCUT2D eigenvalue weighted by Crippen LogP contribution is -2.47. The summed E-state index contributed by atoms with van der Waals surface area (Å²) < 4.78 is 16.8. The highest BCUT2D eigenvalue weighted by Gasteiger charge is 2.27. The molecule has 4 rings (SSSR count). The summed E-state index contributed by atoms with van der Waals surface area (Å²) in [6.45, 7) is 6.27. The molecule has 2 amide bonds. The Morgan fingerprint density at radius 2 is 1.85 bits per heavy atom. The summed E-state index contributed by atoms with van der Waals surface area (Å²) in [6.07, 6.45) is 3.41. The number of rotatable bonds is 6. The van der Waals surface area contributed by atoms with E-state index in [0.717, 1.165) is 21.4 Å². The summed E-state index contributed by atoms with van der Waals surface area (Å²) in [7, 11) is 0. The Morgan fingerprint density at radius 1 is 1.15 bits per heavy atom. The molecule has 34 heavy (non-hydrogen) atoms. The molecular formula is C25H29N3O5S. The molecule has 2 aromatic carbocycles. The summed E-state index contributed by atoms with van der Waals surface area (Å²) in [5.74, 6) is 0.867. The minimum absolute atomic E-state index is 0.286. The SMILES string of the molecule is CSc1cc2c(cc1NC(=O)[C@H](Cc1c[nH]c3ccccc13)NC(=O)OC(C)(C)C)OCCO2. The molecule has 0 aliphatic carbocycles. The van der Waals surface area contributed by atoms with Gasteiger partial charge in [-0.3, -0.25) is 4.79 Å². The number of H-pyrrole nitrogens is 1. The van der Waals surface area contributed by atoms with Gasteiger partial charge in [0.05, 0.1) is 5.69 Å². The van der Waals surface area contributed by atoms with Crippen molar-refractivity contribution < 1.29 is 23.8 Å². The summed E-state index contributed by atoms with van der Waals surface area (Å²) >= 11 is 1.48. The maximum absolute atomic E-state index is 13.4. The molecule has 0 saturated carbocycles. The molecule has 1 aliphatic heterocycles. The van der Waals surface area contributed by atoms with Crippen LogP contribution in [0, 0.1) is 0 Å². The quantitative estimate of drug-likeness (QED) is 0.438. The van der Waals surface area contributed by atoms with Crippen molar-refractivity contribution in [2.24, 2.45) is 0 Å². The average molecular weight is 484 g/mol. The first-order valence-corrected chi connectivity index (χ1v) is 12.3. The van der Waals surface area contributed by atoms with Crippen LogP contribution in [0.25, 0.3) is 10.9 Å². The van der Waals surface area contributed by atoms with Crippen LogP contribution in [0.2, 0.25) is 0 Å². The van der Waals surface area contributed by atoms with Crippen LogP contribution in [0.4, 0.5) is 10.5 Å². The van der Waals surface area contributed by atoms with Gasteiger partial charge in [-0.25, -0.2) is 4.79 Å². The van der Waals surface area contributed by atoms with Crippen LogP contribution in [0.3, 0.4) is 0 Å². The van der Waals surface area contributed by atoms with Crippen LogP contribution >= 0.6 is 11.8 Å². The summed E-state index contributed by atoms with van der Waals surface area (Å²) in [6, 6.07) is 10.6. The Labute approximate surface area is 202 Å². The molecule has 3 N–H and O–H groups in total. The van der Waals surface area contributed by atoms with Gasteiger partial charge in [0, 0.05) is 34.5 Å². The molecule has 180 valence electrons. The molecule has 1 aromatic heterocycles. The predicted octanol–water partition coefficient (Wildman–Crippen LogP) is 4.74. The summed E-state index contributed by atoms with van der Waals surface area (Å²) in [5, 5.41) is 6.71. The third-order valence-electron chi connectivity index (χ3n) is 5.23. The number of carbonyl (C=O) groups is 2. The number of fused-ring (bicyclic) bond motifs is 2. The zero-order chi connectivity index (χ0) is 24.3. The lowest BCUT2D eigenvalue weighted by molar-refractivity contribution is -0.118. The van der Waals surface area contributed by atoms with Crippen LogP contribution in [-0.4, -0.2) is 48.1 Å². The van der Waals surface area contributed by atoms with Crippen LogP contribution in [0.15, 0.2) is 47.5 Å². The van der Waals surface area contributed by atoms with E-state index < -0.39 is 17.7 Å². The van der Waals surface area contributed by atoms with Crippen molar-refractivity contribution in [2.75, 3.05) is 24.8 Å². The van der Waals surface area contributed by atoms with Gasteiger partial charge in [-0.05, 0) is 44.7 Å². The summed E-state index contributed by atoms with van der Waals surface area (Å²) in [5.41, 5.74) is 1.79. The van der Waals surface area contributed by atoms with Crippen molar-refractivity contribution in [1.82, 2.24) is 10.3 Å². The lowest BCUT2D eigenvalue weighted by Gasteiger charge is -2.24. The van der Waals surface area contributed by atoms with Crippen molar-refractivity contribution in [3.8, 4) is 11.5 Å². The van der Waals surface area contributed by atoms with Crippen LogP contribution in [0.1, 0.15) is 26.3 Å². The van der Waals surface area contributed by atoms with E-state index in [1.54, 1.807) is 26.8 Å². The molecule has 0 spiro atoms. The van der Waals surface area contributed by atoms with Crippen LogP contribution < -0.4 is 20.1 Å². The van der Waals surface area contributed by atoms with E-state index in [2.05, 4.69) is 15.6 Å². The normalized spacial score (nSPS) is 13.9. The van der Waals surface area contributed by atoms with Gasteiger partial charge >= 0.3 is 6.09 Å². The Hall–Kier alpha value is -3.33. The molecule has 0 saturated heterocycles. The number of carbonyl (C=O) groups excluding carboxylic acids is 2. The van der Waals surface area contributed by atoms with E-state index >= 15 is 0 Å². The van der Waals surface area contributed by atoms with Crippen molar-refractivity contribution in [3.05, 3.63) is 48.2 Å². The topological polar surface area (TPSA) is 102 Å². The number of anilines is 1. The monoisotopic (exact) mass is 483 g/mol. The molecule has 0 unspecified atom stereocenters. The fourth-order valence-corrected chi connectivity index (χ4v) is 4.29. The zero-order valence-corrected chi connectivity index (χ0v) is 20.5. The van der Waals surface area contributed by atoms with Gasteiger partial charge in [0.1, 0.15) is 24.9 Å². The average Bonchev–Trinajstić information content (AvgIpc) is 3.19. The number of aromatic nitrogens is 1.